The number of H-pyrrole nitrogens is 1. The van der Waals surface area contributed by atoms with Crippen molar-refractivity contribution in [3.8, 4) is 11.4 Å². The zero-order chi connectivity index (χ0) is 17.2. The molecule has 3 heterocycles. The number of aromatic nitrogens is 4. The van der Waals surface area contributed by atoms with Gasteiger partial charge >= 0.3 is 0 Å². The summed E-state index contributed by atoms with van der Waals surface area (Å²) in [6, 6.07) is 10.1. The first-order valence-corrected chi connectivity index (χ1v) is 8.64. The number of benzene rings is 1. The molecule has 1 aromatic carbocycles. The van der Waals surface area contributed by atoms with Gasteiger partial charge in [-0.1, -0.05) is 30.3 Å². The molecule has 1 aliphatic heterocycles. The molecule has 2 atom stereocenters. The molecule has 2 aromatic heterocycles. The van der Waals surface area contributed by atoms with Gasteiger partial charge in [-0.2, -0.15) is 5.10 Å². The number of rotatable bonds is 5. The van der Waals surface area contributed by atoms with Gasteiger partial charge in [-0.3, -0.25) is 9.58 Å². The summed E-state index contributed by atoms with van der Waals surface area (Å²) in [6.07, 6.45) is 5.88. The fourth-order valence-electron chi connectivity index (χ4n) is 3.71. The molecule has 1 aliphatic rings. The summed E-state index contributed by atoms with van der Waals surface area (Å²) in [7, 11) is 1.93. The maximum absolute atomic E-state index is 9.77. The molecule has 0 saturated carbocycles. The molecule has 0 radical (unpaired) electrons. The Bertz CT molecular complexity index is 825. The van der Waals surface area contributed by atoms with Gasteiger partial charge in [-0.15, -0.1) is 0 Å². The van der Waals surface area contributed by atoms with Gasteiger partial charge in [0, 0.05) is 68.8 Å². The summed E-state index contributed by atoms with van der Waals surface area (Å²) in [5, 5.41) is 14.0. The molecular formula is C19H23N5O. The lowest BCUT2D eigenvalue weighted by Gasteiger charge is -2.14. The summed E-state index contributed by atoms with van der Waals surface area (Å²) >= 11 is 0. The summed E-state index contributed by atoms with van der Waals surface area (Å²) in [5.74, 6) is 1.48. The van der Waals surface area contributed by atoms with Crippen LogP contribution in [0.3, 0.4) is 0 Å². The molecule has 130 valence electrons. The van der Waals surface area contributed by atoms with Crippen molar-refractivity contribution in [2.24, 2.45) is 13.0 Å². The third-order valence-electron chi connectivity index (χ3n) is 4.97. The van der Waals surface area contributed by atoms with Crippen LogP contribution in [0.15, 0.2) is 48.9 Å². The lowest BCUT2D eigenvalue weighted by molar-refractivity contribution is 0.213. The molecule has 1 fully saturated rings. The molecule has 1 saturated heterocycles. The van der Waals surface area contributed by atoms with Crippen molar-refractivity contribution < 1.29 is 5.11 Å². The lowest BCUT2D eigenvalue weighted by Crippen LogP contribution is -2.21. The minimum Gasteiger partial charge on any atom is -0.396 e. The van der Waals surface area contributed by atoms with E-state index >= 15 is 0 Å². The van der Waals surface area contributed by atoms with Crippen molar-refractivity contribution in [3.63, 3.8) is 0 Å². The van der Waals surface area contributed by atoms with Crippen molar-refractivity contribution in [1.82, 2.24) is 24.6 Å². The Balaban J connectivity index is 1.46. The predicted octanol–water partition coefficient (Wildman–Crippen LogP) is 2.02. The van der Waals surface area contributed by atoms with Crippen molar-refractivity contribution in [3.05, 3.63) is 60.2 Å². The van der Waals surface area contributed by atoms with E-state index in [1.54, 1.807) is 0 Å². The summed E-state index contributed by atoms with van der Waals surface area (Å²) in [4.78, 5) is 10.3. The monoisotopic (exact) mass is 337 g/mol. The predicted molar refractivity (Wildman–Crippen MR) is 95.8 cm³/mol. The van der Waals surface area contributed by atoms with Crippen LogP contribution in [-0.2, 0) is 13.6 Å². The minimum atomic E-state index is 0.203. The highest BCUT2D eigenvalue weighted by Gasteiger charge is 2.34. The summed E-state index contributed by atoms with van der Waals surface area (Å²) in [6.45, 7) is 2.83. The fourth-order valence-corrected chi connectivity index (χ4v) is 3.71. The van der Waals surface area contributed by atoms with Crippen LogP contribution < -0.4 is 0 Å². The van der Waals surface area contributed by atoms with E-state index in [1.165, 1.54) is 5.56 Å². The highest BCUT2D eigenvalue weighted by Crippen LogP contribution is 2.33. The highest BCUT2D eigenvalue weighted by atomic mass is 16.3. The summed E-state index contributed by atoms with van der Waals surface area (Å²) in [5.41, 5.74) is 3.40. The van der Waals surface area contributed by atoms with Gasteiger partial charge in [0.25, 0.3) is 0 Å². The smallest absolute Gasteiger partial charge is 0.137 e. The molecule has 3 aromatic rings. The molecule has 0 aliphatic carbocycles. The fraction of sp³-hybridized carbons (Fsp3) is 0.368. The molecule has 0 spiro atoms. The van der Waals surface area contributed by atoms with Gasteiger partial charge in [0.1, 0.15) is 5.82 Å². The zero-order valence-corrected chi connectivity index (χ0v) is 14.3. The van der Waals surface area contributed by atoms with Gasteiger partial charge in [0.05, 0.1) is 6.20 Å². The number of aliphatic hydroxyl groups is 1. The SMILES string of the molecule is Cn1cc([C@@H]2CN(Cc3cnc(-c4ccccc4)[nH]3)C[C@H]2CO)cn1. The number of aromatic amines is 1. The molecule has 25 heavy (non-hydrogen) atoms. The number of hydrogen-bond acceptors (Lipinski definition) is 4. The molecule has 6 heteroatoms. The Morgan fingerprint density at radius 2 is 2.04 bits per heavy atom. The first-order chi connectivity index (χ1) is 12.2. The van der Waals surface area contributed by atoms with Gasteiger partial charge in [0.2, 0.25) is 0 Å². The first kappa shape index (κ1) is 16.1. The lowest BCUT2D eigenvalue weighted by atomic mass is 9.92. The number of nitrogens with one attached hydrogen (secondary N) is 1. The van der Waals surface area contributed by atoms with Crippen LogP contribution in [0.5, 0.6) is 0 Å². The van der Waals surface area contributed by atoms with Gasteiger partial charge in [-0.05, 0) is 5.56 Å². The van der Waals surface area contributed by atoms with Gasteiger partial charge in [0.15, 0.2) is 0 Å². The molecule has 6 nitrogen and oxygen atoms in total. The maximum Gasteiger partial charge on any atom is 0.137 e. The highest BCUT2D eigenvalue weighted by molar-refractivity contribution is 5.54. The second-order valence-corrected chi connectivity index (χ2v) is 6.81. The number of likely N-dealkylation sites (tertiary alicyclic amines) is 1. The van der Waals surface area contributed by atoms with Crippen molar-refractivity contribution >= 4 is 0 Å². The average molecular weight is 337 g/mol. The van der Waals surface area contributed by atoms with E-state index in [4.69, 9.17) is 0 Å². The van der Waals surface area contributed by atoms with E-state index in [0.29, 0.717) is 5.92 Å². The van der Waals surface area contributed by atoms with E-state index in [1.807, 2.05) is 42.3 Å². The molecular weight excluding hydrogens is 314 g/mol. The Morgan fingerprint density at radius 3 is 2.76 bits per heavy atom. The van der Waals surface area contributed by atoms with Crippen LogP contribution in [0.25, 0.3) is 11.4 Å². The molecule has 2 N–H and O–H groups in total. The number of nitrogens with zero attached hydrogens (tertiary/aromatic N) is 4. The Morgan fingerprint density at radius 1 is 1.20 bits per heavy atom. The molecule has 0 bridgehead atoms. The quantitative estimate of drug-likeness (QED) is 0.747. The zero-order valence-electron chi connectivity index (χ0n) is 14.3. The average Bonchev–Trinajstić information content (AvgIpc) is 3.35. The number of imidazole rings is 1. The Hall–Kier alpha value is -2.44. The molecule has 0 unspecified atom stereocenters. The number of aliphatic hydroxyl groups excluding tert-OH is 1. The third kappa shape index (κ3) is 3.36. The van der Waals surface area contributed by atoms with Crippen LogP contribution in [0, 0.1) is 5.92 Å². The van der Waals surface area contributed by atoms with Gasteiger partial charge in [-0.25, -0.2) is 4.98 Å². The topological polar surface area (TPSA) is 70.0 Å². The number of aryl methyl sites for hydroxylation is 1. The molecule has 4 rings (SSSR count). The van der Waals surface area contributed by atoms with Crippen molar-refractivity contribution in [1.29, 1.82) is 0 Å². The molecule has 0 amide bonds. The third-order valence-corrected chi connectivity index (χ3v) is 4.97. The Labute approximate surface area is 147 Å². The summed E-state index contributed by atoms with van der Waals surface area (Å²) < 4.78 is 1.83. The standard InChI is InChI=1S/C19H23N5O/c1-23-9-15(7-21-23)18-12-24(10-16(18)13-25)11-17-8-20-19(22-17)14-5-3-2-4-6-14/h2-9,16,18,25H,10-13H2,1H3,(H,20,22)/t16-,18-/m0/s1. The normalized spacial score (nSPS) is 21.0. The maximum atomic E-state index is 9.77. The van der Waals surface area contributed by atoms with Crippen LogP contribution in [-0.4, -0.2) is 49.5 Å². The van der Waals surface area contributed by atoms with E-state index in [2.05, 4.69) is 38.3 Å². The van der Waals surface area contributed by atoms with Crippen LogP contribution >= 0.6 is 0 Å². The van der Waals surface area contributed by atoms with Crippen molar-refractivity contribution in [2.45, 2.75) is 12.5 Å². The van der Waals surface area contributed by atoms with Crippen LogP contribution in [0.2, 0.25) is 0 Å². The van der Waals surface area contributed by atoms with E-state index in [9.17, 15) is 5.11 Å². The number of hydrogen-bond donors (Lipinski definition) is 2. The van der Waals surface area contributed by atoms with E-state index < -0.39 is 0 Å². The second kappa shape index (κ2) is 6.82. The van der Waals surface area contributed by atoms with Crippen LogP contribution in [0.4, 0.5) is 0 Å². The van der Waals surface area contributed by atoms with Gasteiger partial charge < -0.3 is 10.1 Å². The Kier molecular flexibility index (Phi) is 4.38. The largest absolute Gasteiger partial charge is 0.396 e. The first-order valence-electron chi connectivity index (χ1n) is 8.64. The van der Waals surface area contributed by atoms with E-state index in [0.717, 1.165) is 36.7 Å². The van der Waals surface area contributed by atoms with Crippen LogP contribution in [0.1, 0.15) is 17.2 Å². The van der Waals surface area contributed by atoms with Crippen molar-refractivity contribution in [2.75, 3.05) is 19.7 Å². The van der Waals surface area contributed by atoms with E-state index in [-0.39, 0.29) is 12.5 Å². The minimum absolute atomic E-state index is 0.203. The second-order valence-electron chi connectivity index (χ2n) is 6.81.